The van der Waals surface area contributed by atoms with Crippen LogP contribution in [0.2, 0.25) is 19.6 Å². The molecule has 0 amide bonds. The normalized spacial score (nSPS) is 17.5. The van der Waals surface area contributed by atoms with E-state index in [2.05, 4.69) is 145 Å². The number of aromatic nitrogens is 4. The van der Waals surface area contributed by atoms with E-state index in [4.69, 9.17) is 11.0 Å². The largest absolute Gasteiger partial charge is 0.455 e. The van der Waals surface area contributed by atoms with Crippen LogP contribution in [0.3, 0.4) is 0 Å². The molecule has 2 unspecified atom stereocenters. The van der Waals surface area contributed by atoms with Crippen LogP contribution in [0, 0.1) is 5.41 Å². The Kier molecular flexibility index (Phi) is 6.76. The predicted octanol–water partition coefficient (Wildman–Crippen LogP) is 9.27. The highest BCUT2D eigenvalue weighted by Crippen LogP contribution is 2.49. The fourth-order valence-corrected chi connectivity index (χ4v) is 10.7. The van der Waals surface area contributed by atoms with Gasteiger partial charge in [-0.15, -0.1) is 0 Å². The number of pyridine rings is 2. The van der Waals surface area contributed by atoms with Gasteiger partial charge in [-0.3, -0.25) is 4.98 Å². The van der Waals surface area contributed by atoms with Gasteiger partial charge in [0.15, 0.2) is 28.5 Å². The number of hydrogen-bond donors (Lipinski definition) is 0. The van der Waals surface area contributed by atoms with Crippen LogP contribution in [-0.2, 0) is 19.9 Å². The first-order valence-corrected chi connectivity index (χ1v) is 21.6. The van der Waals surface area contributed by atoms with Crippen molar-refractivity contribution in [2.75, 3.05) is 0 Å². The minimum atomic E-state index is -1.73. The van der Waals surface area contributed by atoms with Crippen molar-refractivity contribution in [3.63, 3.8) is 0 Å². The molecule has 0 fully saturated rings. The lowest BCUT2D eigenvalue weighted by Gasteiger charge is -2.33. The Morgan fingerprint density at radius 1 is 0.980 bits per heavy atom. The van der Waals surface area contributed by atoms with Crippen LogP contribution in [0.4, 0.5) is 0 Å². The Labute approximate surface area is 295 Å². The third kappa shape index (κ3) is 4.61. The maximum atomic E-state index is 6.80. The Morgan fingerprint density at radius 2 is 1.76 bits per heavy atom. The van der Waals surface area contributed by atoms with E-state index in [0.29, 0.717) is 0 Å². The number of furan rings is 1. The Balaban J connectivity index is 1.38. The van der Waals surface area contributed by atoms with Gasteiger partial charge in [-0.25, -0.2) is 4.57 Å². The van der Waals surface area contributed by atoms with Gasteiger partial charge in [0.05, 0.1) is 27.2 Å². The fraction of sp³-hybridized carbons (Fsp3) is 0.295. The summed E-state index contributed by atoms with van der Waals surface area (Å²) in [5, 5.41) is 3.84. The smallest absolute Gasteiger partial charge is 0.298 e. The molecule has 4 aromatic heterocycles. The predicted molar refractivity (Wildman–Crippen MR) is 207 cm³/mol. The second kappa shape index (κ2) is 10.8. The number of nitrogens with zero attached hydrogens (tertiary/aromatic N) is 4. The number of allylic oxidation sites excluding steroid dienone is 1. The average molecular weight is 675 g/mol. The van der Waals surface area contributed by atoms with Gasteiger partial charge < -0.3 is 4.42 Å². The third-order valence-corrected chi connectivity index (χ3v) is 13.2. The second-order valence-corrected chi connectivity index (χ2v) is 21.9. The average Bonchev–Trinajstić information content (AvgIpc) is 3.61. The number of fused-ring (bicyclic) bond motifs is 15. The molecule has 6 heterocycles. The lowest BCUT2D eigenvalue weighted by Crippen LogP contribution is -2.54. The first kappa shape index (κ1) is 31.2. The summed E-state index contributed by atoms with van der Waals surface area (Å²) in [5.41, 5.74) is 13.3. The standard InChI is InChI=1S/C44H46N4OSi/c1-27-41-33(30-13-9-10-14-31(30)36-23-29(24-44(2,3)4)39(26-47(36)41)50(6,7)8)19-17-28-18-20-34-32-15-11-12-16-38(32)49-42(34)40(28)43-46(5)37-25-45-22-21-35(37)48(27)43/h9-16,18,20-23,25-26,33,41H,1,17,19,24H2,2-8H3/q+2. The Bertz CT molecular complexity index is 2540. The van der Waals surface area contributed by atoms with Crippen LogP contribution in [-0.4, -0.2) is 17.6 Å². The summed E-state index contributed by atoms with van der Waals surface area (Å²) < 4.78 is 14.2. The van der Waals surface area contributed by atoms with E-state index in [1.54, 1.807) is 5.19 Å². The minimum Gasteiger partial charge on any atom is -0.455 e. The summed E-state index contributed by atoms with van der Waals surface area (Å²) in [6.45, 7) is 19.6. The van der Waals surface area contributed by atoms with Gasteiger partial charge in [-0.05, 0) is 60.1 Å². The van der Waals surface area contributed by atoms with E-state index < -0.39 is 8.07 Å². The molecule has 5 nitrogen and oxygen atoms in total. The highest BCUT2D eigenvalue weighted by atomic mass is 28.3. The van der Waals surface area contributed by atoms with E-state index >= 15 is 0 Å². The van der Waals surface area contributed by atoms with Gasteiger partial charge in [-0.2, -0.15) is 9.13 Å². The van der Waals surface area contributed by atoms with Crippen LogP contribution in [0.15, 0.2) is 102 Å². The number of aryl methyl sites for hydroxylation is 2. The van der Waals surface area contributed by atoms with Crippen LogP contribution in [0.25, 0.3) is 61.3 Å². The molecule has 3 aromatic carbocycles. The lowest BCUT2D eigenvalue weighted by atomic mass is 9.78. The van der Waals surface area contributed by atoms with Crippen molar-refractivity contribution in [3.05, 3.63) is 115 Å². The first-order valence-electron chi connectivity index (χ1n) is 18.1. The maximum Gasteiger partial charge on any atom is 0.298 e. The van der Waals surface area contributed by atoms with Crippen LogP contribution in [0.5, 0.6) is 0 Å². The van der Waals surface area contributed by atoms with Crippen LogP contribution < -0.4 is 14.3 Å². The summed E-state index contributed by atoms with van der Waals surface area (Å²) in [7, 11) is 0.438. The molecule has 6 heteroatoms. The molecule has 2 aliphatic rings. The number of rotatable bonds is 2. The van der Waals surface area contributed by atoms with Gasteiger partial charge in [0, 0.05) is 39.9 Å². The SMILES string of the molecule is C=C1C2C(CCc3ccc4c(oc5ccccc54)c3-c3n1c1ccncc1[n+]3C)c1ccccc1-c1cc(CC(C)(C)C)c([Si](C)(C)C)c[n+]12. The van der Waals surface area contributed by atoms with Gasteiger partial charge in [0.25, 0.3) is 5.82 Å². The number of para-hydroxylation sites is 1. The third-order valence-electron chi connectivity index (χ3n) is 11.2. The maximum absolute atomic E-state index is 6.80. The molecular formula is C44H46N4OSi+2. The fourth-order valence-electron chi connectivity index (χ4n) is 9.07. The molecule has 0 bridgehead atoms. The quantitative estimate of drug-likeness (QED) is 0.136. The molecule has 0 spiro atoms. The van der Waals surface area contributed by atoms with Crippen LogP contribution in [0.1, 0.15) is 55.8 Å². The zero-order valence-electron chi connectivity index (χ0n) is 30.3. The lowest BCUT2D eigenvalue weighted by molar-refractivity contribution is -0.704. The van der Waals surface area contributed by atoms with Crippen LogP contribution >= 0.6 is 0 Å². The second-order valence-electron chi connectivity index (χ2n) is 16.8. The molecule has 0 saturated carbocycles. The number of benzene rings is 3. The summed E-state index contributed by atoms with van der Waals surface area (Å²) in [6, 6.07) is 26.9. The molecular weight excluding hydrogens is 629 g/mol. The van der Waals surface area contributed by atoms with Gasteiger partial charge in [-0.1, -0.05) is 88.9 Å². The minimum absolute atomic E-state index is 0.0154. The summed E-state index contributed by atoms with van der Waals surface area (Å²) >= 11 is 0. The van der Waals surface area contributed by atoms with Gasteiger partial charge in [0.2, 0.25) is 11.7 Å². The topological polar surface area (TPSA) is 38.7 Å². The summed E-state index contributed by atoms with van der Waals surface area (Å²) in [6.07, 6.45) is 9.42. The monoisotopic (exact) mass is 674 g/mol. The number of imidazole rings is 1. The van der Waals surface area contributed by atoms with E-state index in [1.807, 2.05) is 12.4 Å². The van der Waals surface area contributed by atoms with Crippen molar-refractivity contribution in [2.45, 2.75) is 71.6 Å². The molecule has 50 heavy (non-hydrogen) atoms. The molecule has 0 N–H and O–H groups in total. The Morgan fingerprint density at radius 3 is 2.56 bits per heavy atom. The molecule has 0 aliphatic carbocycles. The highest BCUT2D eigenvalue weighted by Gasteiger charge is 2.48. The zero-order valence-corrected chi connectivity index (χ0v) is 31.3. The van der Waals surface area contributed by atoms with Crippen molar-refractivity contribution in [1.29, 1.82) is 0 Å². The Hall–Kier alpha value is -4.81. The molecule has 9 rings (SSSR count). The van der Waals surface area contributed by atoms with Gasteiger partial charge >= 0.3 is 0 Å². The molecule has 250 valence electrons. The molecule has 0 radical (unpaired) electrons. The van der Waals surface area contributed by atoms with Crippen molar-refractivity contribution in [1.82, 2.24) is 9.55 Å². The molecule has 2 atom stereocenters. The molecule has 7 aromatic rings. The first-order chi connectivity index (χ1) is 23.9. The van der Waals surface area contributed by atoms with Crippen molar-refractivity contribution >= 4 is 51.9 Å². The van der Waals surface area contributed by atoms with Crippen molar-refractivity contribution < 1.29 is 13.6 Å². The highest BCUT2D eigenvalue weighted by molar-refractivity contribution is 6.89. The van der Waals surface area contributed by atoms with E-state index in [9.17, 15) is 0 Å². The van der Waals surface area contributed by atoms with E-state index in [1.165, 1.54) is 27.9 Å². The summed E-state index contributed by atoms with van der Waals surface area (Å²) in [5.74, 6) is 1.32. The molecule has 0 saturated heterocycles. The number of hydrogen-bond acceptors (Lipinski definition) is 2. The summed E-state index contributed by atoms with van der Waals surface area (Å²) in [4.78, 5) is 4.60. The van der Waals surface area contributed by atoms with E-state index in [-0.39, 0.29) is 17.4 Å². The van der Waals surface area contributed by atoms with Gasteiger partial charge in [0.1, 0.15) is 11.1 Å². The van der Waals surface area contributed by atoms with E-state index in [0.717, 1.165) is 69.3 Å². The molecule has 2 aliphatic heterocycles. The van der Waals surface area contributed by atoms with Crippen molar-refractivity contribution in [3.8, 4) is 22.6 Å². The zero-order chi connectivity index (χ0) is 34.7. The van der Waals surface area contributed by atoms with Crippen molar-refractivity contribution in [2.24, 2.45) is 12.5 Å².